The molecule has 0 bridgehead atoms. The number of benzene rings is 1. The van der Waals surface area contributed by atoms with Crippen LogP contribution in [0.4, 0.5) is 0 Å². The first-order chi connectivity index (χ1) is 9.90. The van der Waals surface area contributed by atoms with Gasteiger partial charge in [0.05, 0.1) is 6.20 Å². The fourth-order valence-electron chi connectivity index (χ4n) is 2.56. The molecule has 0 aliphatic rings. The van der Waals surface area contributed by atoms with E-state index in [1.807, 2.05) is 57.2 Å². The molecule has 0 spiro atoms. The Bertz CT molecular complexity index is 649. The first-order valence-electron chi connectivity index (χ1n) is 6.87. The Morgan fingerprint density at radius 2 is 2.14 bits per heavy atom. The van der Waals surface area contributed by atoms with Crippen LogP contribution in [0.25, 0.3) is 0 Å². The largest absolute Gasteiger partial charge is 0.480 e. The molecule has 1 aromatic carbocycles. The third kappa shape index (κ3) is 3.31. The standard InChI is InChI=1S/C16H21N3O2/c1-11-6-5-7-14(12(11)2)15(16(20)21)18(3)9-13-8-17-19(4)10-13/h5-8,10,15H,9H2,1-4H3,(H,20,21)/t15-/m1/s1. The molecular weight excluding hydrogens is 266 g/mol. The molecule has 0 saturated heterocycles. The molecule has 1 heterocycles. The van der Waals surface area contributed by atoms with Gasteiger partial charge in [-0.2, -0.15) is 5.10 Å². The molecule has 5 nitrogen and oxygen atoms in total. The molecular formula is C16H21N3O2. The number of nitrogens with zero attached hydrogens (tertiary/aromatic N) is 3. The average Bonchev–Trinajstić information content (AvgIpc) is 2.80. The summed E-state index contributed by atoms with van der Waals surface area (Å²) in [4.78, 5) is 13.6. The number of aliphatic carboxylic acids is 1. The SMILES string of the molecule is Cc1cccc([C@H](C(=O)O)N(C)Cc2cnn(C)c2)c1C. The summed E-state index contributed by atoms with van der Waals surface area (Å²) in [6.45, 7) is 4.51. The molecule has 1 N–H and O–H groups in total. The number of hydrogen-bond donors (Lipinski definition) is 1. The number of carbonyl (C=O) groups is 1. The molecule has 21 heavy (non-hydrogen) atoms. The summed E-state index contributed by atoms with van der Waals surface area (Å²) in [6, 6.07) is 5.13. The number of carboxylic acid groups (broad SMARTS) is 1. The molecule has 1 atom stereocenters. The molecule has 1 aromatic heterocycles. The Morgan fingerprint density at radius 3 is 2.71 bits per heavy atom. The topological polar surface area (TPSA) is 58.4 Å². The van der Waals surface area contributed by atoms with Crippen molar-refractivity contribution in [3.63, 3.8) is 0 Å². The Labute approximate surface area is 124 Å². The average molecular weight is 287 g/mol. The van der Waals surface area contributed by atoms with Gasteiger partial charge in [-0.15, -0.1) is 0 Å². The van der Waals surface area contributed by atoms with E-state index in [2.05, 4.69) is 5.10 Å². The van der Waals surface area contributed by atoms with Gasteiger partial charge in [0, 0.05) is 25.4 Å². The van der Waals surface area contributed by atoms with E-state index in [0.29, 0.717) is 6.54 Å². The van der Waals surface area contributed by atoms with Crippen LogP contribution in [0.2, 0.25) is 0 Å². The quantitative estimate of drug-likeness (QED) is 0.916. The molecule has 0 saturated carbocycles. The molecule has 5 heteroatoms. The molecule has 0 radical (unpaired) electrons. The lowest BCUT2D eigenvalue weighted by Gasteiger charge is -2.26. The third-order valence-electron chi connectivity index (χ3n) is 3.81. The lowest BCUT2D eigenvalue weighted by atomic mass is 9.96. The van der Waals surface area contributed by atoms with Gasteiger partial charge in [-0.25, -0.2) is 0 Å². The van der Waals surface area contributed by atoms with E-state index in [0.717, 1.165) is 22.3 Å². The van der Waals surface area contributed by atoms with E-state index in [4.69, 9.17) is 0 Å². The summed E-state index contributed by atoms with van der Waals surface area (Å²) in [7, 11) is 3.68. The van der Waals surface area contributed by atoms with Crippen LogP contribution in [0, 0.1) is 13.8 Å². The minimum Gasteiger partial charge on any atom is -0.480 e. The van der Waals surface area contributed by atoms with Gasteiger partial charge in [-0.3, -0.25) is 14.4 Å². The number of aryl methyl sites for hydroxylation is 2. The van der Waals surface area contributed by atoms with Crippen LogP contribution in [-0.2, 0) is 18.4 Å². The van der Waals surface area contributed by atoms with Crippen molar-refractivity contribution in [1.82, 2.24) is 14.7 Å². The second kappa shape index (κ2) is 6.10. The molecule has 0 unspecified atom stereocenters. The van der Waals surface area contributed by atoms with Crippen molar-refractivity contribution in [2.24, 2.45) is 7.05 Å². The van der Waals surface area contributed by atoms with Gasteiger partial charge in [0.25, 0.3) is 0 Å². The number of likely N-dealkylation sites (N-methyl/N-ethyl adjacent to an activating group) is 1. The Morgan fingerprint density at radius 1 is 1.43 bits per heavy atom. The summed E-state index contributed by atoms with van der Waals surface area (Å²) < 4.78 is 1.72. The fourth-order valence-corrected chi connectivity index (χ4v) is 2.56. The molecule has 0 fully saturated rings. The predicted octanol–water partition coefficient (Wildman–Crippen LogP) is 2.29. The molecule has 2 rings (SSSR count). The minimum absolute atomic E-state index is 0.540. The van der Waals surface area contributed by atoms with Crippen molar-refractivity contribution in [2.75, 3.05) is 7.05 Å². The highest BCUT2D eigenvalue weighted by Crippen LogP contribution is 2.26. The second-order valence-electron chi connectivity index (χ2n) is 5.47. The van der Waals surface area contributed by atoms with E-state index in [1.54, 1.807) is 10.9 Å². The smallest absolute Gasteiger partial charge is 0.325 e. The Kier molecular flexibility index (Phi) is 4.43. The van der Waals surface area contributed by atoms with Gasteiger partial charge in [-0.1, -0.05) is 18.2 Å². The summed E-state index contributed by atoms with van der Waals surface area (Å²) in [5.41, 5.74) is 3.97. The number of rotatable bonds is 5. The van der Waals surface area contributed by atoms with Crippen molar-refractivity contribution in [1.29, 1.82) is 0 Å². The van der Waals surface area contributed by atoms with Crippen LogP contribution >= 0.6 is 0 Å². The van der Waals surface area contributed by atoms with E-state index in [-0.39, 0.29) is 0 Å². The zero-order chi connectivity index (χ0) is 15.6. The maximum Gasteiger partial charge on any atom is 0.325 e. The zero-order valence-electron chi connectivity index (χ0n) is 12.9. The van der Waals surface area contributed by atoms with Gasteiger partial charge >= 0.3 is 5.97 Å². The highest BCUT2D eigenvalue weighted by Gasteiger charge is 2.26. The molecule has 0 aliphatic carbocycles. The number of carboxylic acids is 1. The van der Waals surface area contributed by atoms with E-state index < -0.39 is 12.0 Å². The molecule has 0 aliphatic heterocycles. The Balaban J connectivity index is 2.30. The van der Waals surface area contributed by atoms with Gasteiger partial charge in [0.2, 0.25) is 0 Å². The van der Waals surface area contributed by atoms with Gasteiger partial charge < -0.3 is 5.11 Å². The van der Waals surface area contributed by atoms with Crippen LogP contribution in [0.1, 0.15) is 28.3 Å². The first kappa shape index (κ1) is 15.3. The van der Waals surface area contributed by atoms with Gasteiger partial charge in [-0.05, 0) is 37.6 Å². The molecule has 112 valence electrons. The van der Waals surface area contributed by atoms with E-state index in [1.165, 1.54) is 0 Å². The maximum absolute atomic E-state index is 11.7. The normalized spacial score (nSPS) is 12.6. The van der Waals surface area contributed by atoms with Gasteiger partial charge in [0.1, 0.15) is 6.04 Å². The van der Waals surface area contributed by atoms with Crippen LogP contribution in [-0.4, -0.2) is 32.8 Å². The summed E-state index contributed by atoms with van der Waals surface area (Å²) in [5, 5.41) is 13.8. The maximum atomic E-state index is 11.7. The third-order valence-corrected chi connectivity index (χ3v) is 3.81. The number of aromatic nitrogens is 2. The van der Waals surface area contributed by atoms with Crippen LogP contribution in [0.3, 0.4) is 0 Å². The summed E-state index contributed by atoms with van der Waals surface area (Å²) in [5.74, 6) is -0.838. The van der Waals surface area contributed by atoms with Crippen LogP contribution in [0.15, 0.2) is 30.6 Å². The molecule has 0 amide bonds. The minimum atomic E-state index is -0.838. The summed E-state index contributed by atoms with van der Waals surface area (Å²) >= 11 is 0. The lowest BCUT2D eigenvalue weighted by Crippen LogP contribution is -2.31. The van der Waals surface area contributed by atoms with Gasteiger partial charge in [0.15, 0.2) is 0 Å². The van der Waals surface area contributed by atoms with Crippen molar-refractivity contribution in [3.05, 3.63) is 52.8 Å². The highest BCUT2D eigenvalue weighted by molar-refractivity contribution is 5.76. The van der Waals surface area contributed by atoms with Crippen LogP contribution in [0.5, 0.6) is 0 Å². The Hall–Kier alpha value is -2.14. The van der Waals surface area contributed by atoms with Crippen LogP contribution < -0.4 is 0 Å². The van der Waals surface area contributed by atoms with Crippen molar-refractivity contribution in [3.8, 4) is 0 Å². The first-order valence-corrected chi connectivity index (χ1v) is 6.87. The van der Waals surface area contributed by atoms with E-state index in [9.17, 15) is 9.90 Å². The van der Waals surface area contributed by atoms with Crippen molar-refractivity contribution < 1.29 is 9.90 Å². The molecule has 2 aromatic rings. The monoisotopic (exact) mass is 287 g/mol. The van der Waals surface area contributed by atoms with E-state index >= 15 is 0 Å². The van der Waals surface area contributed by atoms with Crippen molar-refractivity contribution in [2.45, 2.75) is 26.4 Å². The highest BCUT2D eigenvalue weighted by atomic mass is 16.4. The lowest BCUT2D eigenvalue weighted by molar-refractivity contribution is -0.143. The summed E-state index contributed by atoms with van der Waals surface area (Å²) in [6.07, 6.45) is 3.66. The zero-order valence-corrected chi connectivity index (χ0v) is 12.9. The fraction of sp³-hybridized carbons (Fsp3) is 0.375. The van der Waals surface area contributed by atoms with Crippen molar-refractivity contribution >= 4 is 5.97 Å². The number of hydrogen-bond acceptors (Lipinski definition) is 3. The second-order valence-corrected chi connectivity index (χ2v) is 5.47. The predicted molar refractivity (Wildman–Crippen MR) is 81.0 cm³/mol.